The van der Waals surface area contributed by atoms with E-state index < -0.39 is 11.0 Å². The van der Waals surface area contributed by atoms with E-state index in [9.17, 15) is 14.9 Å². The van der Waals surface area contributed by atoms with Crippen LogP contribution in [-0.4, -0.2) is 17.3 Å². The van der Waals surface area contributed by atoms with Crippen molar-refractivity contribution in [3.63, 3.8) is 0 Å². The van der Waals surface area contributed by atoms with Gasteiger partial charge in [0.05, 0.1) is 4.92 Å². The van der Waals surface area contributed by atoms with Crippen LogP contribution in [0.15, 0.2) is 24.3 Å². The lowest BCUT2D eigenvalue weighted by atomic mass is 10.0. The van der Waals surface area contributed by atoms with Crippen LogP contribution in [0, 0.1) is 10.1 Å². The van der Waals surface area contributed by atoms with E-state index in [4.69, 9.17) is 4.74 Å². The molecule has 0 aliphatic rings. The van der Waals surface area contributed by atoms with E-state index in [2.05, 4.69) is 6.92 Å². The van der Waals surface area contributed by atoms with Gasteiger partial charge in [0.2, 0.25) is 0 Å². The fourth-order valence-electron chi connectivity index (χ4n) is 2.81. The highest BCUT2D eigenvalue weighted by Gasteiger charge is 2.10. The summed E-state index contributed by atoms with van der Waals surface area (Å²) >= 11 is 0. The number of unbranched alkanes of at least 4 members (excludes halogenated alkanes) is 9. The molecule has 0 amide bonds. The number of ether oxygens (including phenoxy) is 1. The van der Waals surface area contributed by atoms with Crippen molar-refractivity contribution in [2.24, 2.45) is 0 Å². The lowest BCUT2D eigenvalue weighted by Gasteiger charge is -2.13. The van der Waals surface area contributed by atoms with Gasteiger partial charge in [-0.05, 0) is 25.0 Å². The summed E-state index contributed by atoms with van der Waals surface area (Å²) in [6.07, 6.45) is 13.6. The third-order valence-corrected chi connectivity index (χ3v) is 4.33. The van der Waals surface area contributed by atoms with Gasteiger partial charge in [0, 0.05) is 12.1 Å². The molecule has 0 radical (unpaired) electrons. The average Bonchev–Trinajstić information content (AvgIpc) is 2.62. The number of aldehydes is 1. The Kier molecular flexibility index (Phi) is 11.3. The number of carbonyl (C=O) groups excluding carboxylic acids is 1. The highest BCUT2D eigenvalue weighted by atomic mass is 16.6. The second-order valence-electron chi connectivity index (χ2n) is 6.51. The molecule has 1 aromatic rings. The molecule has 0 heterocycles. The first kappa shape index (κ1) is 21.1. The Balaban J connectivity index is 2.11. The number of carbonyl (C=O) groups is 1. The van der Waals surface area contributed by atoms with Crippen molar-refractivity contribution in [2.45, 2.75) is 83.7 Å². The summed E-state index contributed by atoms with van der Waals surface area (Å²) in [6.45, 7) is 2.23. The number of non-ortho nitro benzene ring substituents is 1. The minimum Gasteiger partial charge on any atom is -0.483 e. The minimum atomic E-state index is -0.476. The Hall–Kier alpha value is -1.91. The van der Waals surface area contributed by atoms with Gasteiger partial charge in [0.15, 0.2) is 12.4 Å². The van der Waals surface area contributed by atoms with Crippen molar-refractivity contribution in [3.05, 3.63) is 34.4 Å². The number of rotatable bonds is 15. The van der Waals surface area contributed by atoms with Crippen molar-refractivity contribution in [1.82, 2.24) is 0 Å². The third-order valence-electron chi connectivity index (χ3n) is 4.33. The molecule has 0 spiro atoms. The van der Waals surface area contributed by atoms with E-state index in [1.807, 2.05) is 0 Å². The molecule has 0 N–H and O–H groups in total. The lowest BCUT2D eigenvalue weighted by molar-refractivity contribution is -0.384. The van der Waals surface area contributed by atoms with E-state index in [0.717, 1.165) is 19.1 Å². The third kappa shape index (κ3) is 9.85. The Morgan fingerprint density at radius 3 is 1.96 bits per heavy atom. The molecule has 140 valence electrons. The lowest BCUT2D eigenvalue weighted by Crippen LogP contribution is -2.17. The maximum Gasteiger partial charge on any atom is 0.269 e. The first-order valence-corrected chi connectivity index (χ1v) is 9.53. The zero-order chi connectivity index (χ0) is 18.3. The molecule has 1 atom stereocenters. The Morgan fingerprint density at radius 2 is 1.48 bits per heavy atom. The predicted molar refractivity (Wildman–Crippen MR) is 100 cm³/mol. The van der Waals surface area contributed by atoms with Gasteiger partial charge >= 0.3 is 0 Å². The molecule has 0 aliphatic carbocycles. The van der Waals surface area contributed by atoms with Crippen molar-refractivity contribution >= 4 is 12.0 Å². The van der Waals surface area contributed by atoms with Gasteiger partial charge in [-0.1, -0.05) is 64.7 Å². The molecule has 5 heteroatoms. The standard InChI is InChI=1S/C20H31NO4/c1-2-3-4-5-6-7-8-9-10-11-12-20(17-22)25-19-15-13-18(14-16-19)21(23)24/h13-17,20H,2-12H2,1H3. The monoisotopic (exact) mass is 349 g/mol. The van der Waals surface area contributed by atoms with Crippen LogP contribution in [0.3, 0.4) is 0 Å². The van der Waals surface area contributed by atoms with Gasteiger partial charge in [-0.25, -0.2) is 0 Å². The number of nitrogens with zero attached hydrogens (tertiary/aromatic N) is 1. The zero-order valence-corrected chi connectivity index (χ0v) is 15.3. The second-order valence-corrected chi connectivity index (χ2v) is 6.51. The summed E-state index contributed by atoms with van der Waals surface area (Å²) < 4.78 is 5.59. The largest absolute Gasteiger partial charge is 0.483 e. The van der Waals surface area contributed by atoms with E-state index >= 15 is 0 Å². The molecule has 0 aliphatic heterocycles. The van der Waals surface area contributed by atoms with Gasteiger partial charge < -0.3 is 4.74 Å². The Labute approximate surface area is 150 Å². The summed E-state index contributed by atoms with van der Waals surface area (Å²) in [6, 6.07) is 5.84. The van der Waals surface area contributed by atoms with Gasteiger partial charge in [0.1, 0.15) is 5.75 Å². The molecular formula is C20H31NO4. The smallest absolute Gasteiger partial charge is 0.269 e. The quantitative estimate of drug-likeness (QED) is 0.172. The second kappa shape index (κ2) is 13.4. The summed E-state index contributed by atoms with van der Waals surface area (Å²) in [5.41, 5.74) is 0.0182. The normalized spacial score (nSPS) is 11.9. The molecule has 0 fully saturated rings. The molecule has 1 aromatic carbocycles. The van der Waals surface area contributed by atoms with Crippen LogP contribution >= 0.6 is 0 Å². The van der Waals surface area contributed by atoms with Crippen LogP contribution in [-0.2, 0) is 4.79 Å². The van der Waals surface area contributed by atoms with Crippen LogP contribution in [0.4, 0.5) is 5.69 Å². The molecule has 0 bridgehead atoms. The molecule has 0 saturated carbocycles. The predicted octanol–water partition coefficient (Wildman–Crippen LogP) is 5.85. The Bertz CT molecular complexity index is 487. The van der Waals surface area contributed by atoms with Crippen LogP contribution in [0.2, 0.25) is 0 Å². The van der Waals surface area contributed by atoms with E-state index in [0.29, 0.717) is 12.2 Å². The van der Waals surface area contributed by atoms with Crippen molar-refractivity contribution in [3.8, 4) is 5.75 Å². The topological polar surface area (TPSA) is 69.4 Å². The fourth-order valence-corrected chi connectivity index (χ4v) is 2.81. The summed E-state index contributed by atoms with van der Waals surface area (Å²) in [5.74, 6) is 0.495. The van der Waals surface area contributed by atoms with Crippen LogP contribution in [0.1, 0.15) is 77.6 Å². The van der Waals surface area contributed by atoms with Crippen LogP contribution in [0.25, 0.3) is 0 Å². The molecule has 0 saturated heterocycles. The highest BCUT2D eigenvalue weighted by molar-refractivity contribution is 5.56. The molecule has 0 aromatic heterocycles. The number of nitro groups is 1. The molecular weight excluding hydrogens is 318 g/mol. The van der Waals surface area contributed by atoms with Crippen LogP contribution in [0.5, 0.6) is 5.75 Å². The maximum absolute atomic E-state index is 11.1. The highest BCUT2D eigenvalue weighted by Crippen LogP contribution is 2.19. The van der Waals surface area contributed by atoms with E-state index in [-0.39, 0.29) is 5.69 Å². The first-order valence-electron chi connectivity index (χ1n) is 9.53. The summed E-state index contributed by atoms with van der Waals surface area (Å²) in [4.78, 5) is 21.3. The minimum absolute atomic E-state index is 0.0182. The van der Waals surface area contributed by atoms with Gasteiger partial charge in [-0.3, -0.25) is 14.9 Å². The zero-order valence-electron chi connectivity index (χ0n) is 15.3. The van der Waals surface area contributed by atoms with Crippen LogP contribution < -0.4 is 4.74 Å². The molecule has 1 unspecified atom stereocenters. The van der Waals surface area contributed by atoms with Gasteiger partial charge in [0.25, 0.3) is 5.69 Å². The average molecular weight is 349 g/mol. The number of benzene rings is 1. The van der Waals surface area contributed by atoms with Gasteiger partial charge in [-0.15, -0.1) is 0 Å². The fraction of sp³-hybridized carbons (Fsp3) is 0.650. The first-order chi connectivity index (χ1) is 12.2. The van der Waals surface area contributed by atoms with Gasteiger partial charge in [-0.2, -0.15) is 0 Å². The van der Waals surface area contributed by atoms with E-state index in [1.165, 1.54) is 75.6 Å². The van der Waals surface area contributed by atoms with Crippen molar-refractivity contribution < 1.29 is 14.5 Å². The maximum atomic E-state index is 11.1. The van der Waals surface area contributed by atoms with E-state index in [1.54, 1.807) is 0 Å². The summed E-state index contributed by atoms with van der Waals surface area (Å²) in [5, 5.41) is 10.6. The number of hydrogen-bond donors (Lipinski definition) is 0. The molecule has 1 rings (SSSR count). The summed E-state index contributed by atoms with van der Waals surface area (Å²) in [7, 11) is 0. The molecule has 25 heavy (non-hydrogen) atoms. The van der Waals surface area contributed by atoms with Crippen molar-refractivity contribution in [2.75, 3.05) is 0 Å². The SMILES string of the molecule is CCCCCCCCCCCCC(C=O)Oc1ccc([N+](=O)[O-])cc1. The number of hydrogen-bond acceptors (Lipinski definition) is 4. The number of nitro benzene ring substituents is 1. The van der Waals surface area contributed by atoms with Crippen molar-refractivity contribution in [1.29, 1.82) is 0 Å². The Morgan fingerprint density at radius 1 is 0.960 bits per heavy atom. The molecule has 5 nitrogen and oxygen atoms in total.